The molecule has 1 aromatic rings. The number of alkyl halides is 1. The van der Waals surface area contributed by atoms with E-state index in [9.17, 15) is 9.59 Å². The number of nitrogens with zero attached hydrogens (tertiary/aromatic N) is 1. The lowest BCUT2D eigenvalue weighted by atomic mass is 10.0. The quantitative estimate of drug-likeness (QED) is 0.816. The van der Waals surface area contributed by atoms with Crippen LogP contribution in [-0.4, -0.2) is 34.3 Å². The van der Waals surface area contributed by atoms with E-state index in [1.54, 1.807) is 11.0 Å². The Morgan fingerprint density at radius 2 is 2.35 bits per heavy atom. The molecule has 1 aliphatic heterocycles. The van der Waals surface area contributed by atoms with Crippen molar-refractivity contribution in [1.29, 1.82) is 0 Å². The van der Waals surface area contributed by atoms with Gasteiger partial charge in [-0.2, -0.15) is 0 Å². The molecule has 92 valence electrons. The Morgan fingerprint density at radius 1 is 1.53 bits per heavy atom. The highest BCUT2D eigenvalue weighted by molar-refractivity contribution is 6.18. The molecule has 0 spiro atoms. The van der Waals surface area contributed by atoms with E-state index in [2.05, 4.69) is 4.98 Å². The first-order chi connectivity index (χ1) is 8.22. The number of carbonyl (C=O) groups excluding carboxylic acids is 1. The fraction of sp³-hybridized carbons (Fsp3) is 0.500. The molecule has 1 unspecified atom stereocenters. The van der Waals surface area contributed by atoms with Crippen molar-refractivity contribution in [2.75, 3.05) is 12.4 Å². The molecule has 1 aromatic heterocycles. The maximum absolute atomic E-state index is 12.2. The Labute approximate surface area is 105 Å². The number of halogens is 1. The van der Waals surface area contributed by atoms with E-state index < -0.39 is 0 Å². The first-order valence-electron chi connectivity index (χ1n) is 5.78. The molecule has 4 nitrogen and oxygen atoms in total. The number of aromatic nitrogens is 1. The molecule has 0 radical (unpaired) electrons. The van der Waals surface area contributed by atoms with Crippen molar-refractivity contribution in [3.05, 3.63) is 34.2 Å². The van der Waals surface area contributed by atoms with Gasteiger partial charge in [0.1, 0.15) is 0 Å². The SMILES string of the molecule is O=C(c1cc[nH]c(=O)c1)N1CCCCC1CCl. The number of nitrogens with one attached hydrogen (secondary N) is 1. The van der Waals surface area contributed by atoms with Crippen LogP contribution >= 0.6 is 11.6 Å². The molecule has 2 heterocycles. The Bertz CT molecular complexity index is 458. The number of amides is 1. The van der Waals surface area contributed by atoms with Crippen LogP contribution in [0.1, 0.15) is 29.6 Å². The highest BCUT2D eigenvalue weighted by Crippen LogP contribution is 2.20. The van der Waals surface area contributed by atoms with Gasteiger partial charge in [0.25, 0.3) is 5.91 Å². The first kappa shape index (κ1) is 12.2. The van der Waals surface area contributed by atoms with E-state index in [1.807, 2.05) is 0 Å². The van der Waals surface area contributed by atoms with E-state index >= 15 is 0 Å². The average molecular weight is 255 g/mol. The van der Waals surface area contributed by atoms with Crippen molar-refractivity contribution >= 4 is 17.5 Å². The van der Waals surface area contributed by atoms with Crippen molar-refractivity contribution in [2.45, 2.75) is 25.3 Å². The van der Waals surface area contributed by atoms with Gasteiger partial charge < -0.3 is 9.88 Å². The molecule has 2 rings (SSSR count). The van der Waals surface area contributed by atoms with E-state index in [0.29, 0.717) is 11.4 Å². The summed E-state index contributed by atoms with van der Waals surface area (Å²) in [4.78, 5) is 27.7. The Balaban J connectivity index is 2.21. The van der Waals surface area contributed by atoms with Gasteiger partial charge in [-0.3, -0.25) is 9.59 Å². The Hall–Kier alpha value is -1.29. The van der Waals surface area contributed by atoms with Crippen molar-refractivity contribution in [3.8, 4) is 0 Å². The summed E-state index contributed by atoms with van der Waals surface area (Å²) in [6.07, 6.45) is 4.55. The maximum Gasteiger partial charge on any atom is 0.254 e. The molecule has 0 bridgehead atoms. The van der Waals surface area contributed by atoms with Crippen LogP contribution in [0, 0.1) is 0 Å². The van der Waals surface area contributed by atoms with Gasteiger partial charge in [0.2, 0.25) is 5.56 Å². The third kappa shape index (κ3) is 2.69. The third-order valence-electron chi connectivity index (χ3n) is 3.09. The summed E-state index contributed by atoms with van der Waals surface area (Å²) >= 11 is 5.88. The lowest BCUT2D eigenvalue weighted by Gasteiger charge is -2.34. The van der Waals surface area contributed by atoms with Crippen LogP contribution in [0.25, 0.3) is 0 Å². The van der Waals surface area contributed by atoms with Gasteiger partial charge in [-0.15, -0.1) is 11.6 Å². The van der Waals surface area contributed by atoms with Gasteiger partial charge in [-0.1, -0.05) is 0 Å². The summed E-state index contributed by atoms with van der Waals surface area (Å²) in [7, 11) is 0. The van der Waals surface area contributed by atoms with Gasteiger partial charge >= 0.3 is 0 Å². The number of likely N-dealkylation sites (tertiary alicyclic amines) is 1. The molecule has 0 aliphatic carbocycles. The largest absolute Gasteiger partial charge is 0.334 e. The second-order valence-corrected chi connectivity index (χ2v) is 4.55. The standard InChI is InChI=1S/C12H15ClN2O2/c13-8-10-3-1-2-6-15(10)12(17)9-4-5-14-11(16)7-9/h4-5,7,10H,1-3,6,8H2,(H,14,16). The minimum atomic E-state index is -0.254. The van der Waals surface area contributed by atoms with Crippen LogP contribution in [0.5, 0.6) is 0 Å². The fourth-order valence-electron chi connectivity index (χ4n) is 2.17. The lowest BCUT2D eigenvalue weighted by Crippen LogP contribution is -2.44. The first-order valence-corrected chi connectivity index (χ1v) is 6.31. The lowest BCUT2D eigenvalue weighted by molar-refractivity contribution is 0.0639. The zero-order valence-electron chi connectivity index (χ0n) is 9.49. The van der Waals surface area contributed by atoms with E-state index in [1.165, 1.54) is 12.3 Å². The third-order valence-corrected chi connectivity index (χ3v) is 3.44. The number of carbonyl (C=O) groups is 1. The molecule has 17 heavy (non-hydrogen) atoms. The van der Waals surface area contributed by atoms with Crippen LogP contribution in [0.15, 0.2) is 23.1 Å². The summed E-state index contributed by atoms with van der Waals surface area (Å²) in [6.45, 7) is 0.725. The number of aromatic amines is 1. The summed E-state index contributed by atoms with van der Waals surface area (Å²) in [6, 6.07) is 3.06. The smallest absolute Gasteiger partial charge is 0.254 e. The number of hydrogen-bond acceptors (Lipinski definition) is 2. The maximum atomic E-state index is 12.2. The highest BCUT2D eigenvalue weighted by Gasteiger charge is 2.26. The molecule has 1 aliphatic rings. The molecule has 1 amide bonds. The van der Waals surface area contributed by atoms with Crippen molar-refractivity contribution in [3.63, 3.8) is 0 Å². The minimum absolute atomic E-state index is 0.0946. The van der Waals surface area contributed by atoms with Gasteiger partial charge in [-0.25, -0.2) is 0 Å². The highest BCUT2D eigenvalue weighted by atomic mass is 35.5. The normalized spacial score (nSPS) is 20.3. The monoisotopic (exact) mass is 254 g/mol. The molecule has 1 N–H and O–H groups in total. The zero-order chi connectivity index (χ0) is 12.3. The number of H-pyrrole nitrogens is 1. The summed E-state index contributed by atoms with van der Waals surface area (Å²) in [5.41, 5.74) is 0.182. The molecule has 1 saturated heterocycles. The van der Waals surface area contributed by atoms with Crippen LogP contribution < -0.4 is 5.56 Å². The van der Waals surface area contributed by atoms with Crippen LogP contribution in [0.4, 0.5) is 0 Å². The molecule has 1 atom stereocenters. The molecular weight excluding hydrogens is 240 g/mol. The van der Waals surface area contributed by atoms with Crippen LogP contribution in [0.3, 0.4) is 0 Å². The number of hydrogen-bond donors (Lipinski definition) is 1. The van der Waals surface area contributed by atoms with Gasteiger partial charge in [0, 0.05) is 36.3 Å². The molecule has 0 aromatic carbocycles. The Kier molecular flexibility index (Phi) is 3.84. The topological polar surface area (TPSA) is 53.2 Å². The minimum Gasteiger partial charge on any atom is -0.334 e. The van der Waals surface area contributed by atoms with Crippen LogP contribution in [0.2, 0.25) is 0 Å². The second-order valence-electron chi connectivity index (χ2n) is 4.24. The van der Waals surface area contributed by atoms with Crippen LogP contribution in [-0.2, 0) is 0 Å². The summed E-state index contributed by atoms with van der Waals surface area (Å²) in [5, 5.41) is 0. The average Bonchev–Trinajstić information content (AvgIpc) is 2.38. The zero-order valence-corrected chi connectivity index (χ0v) is 10.2. The Morgan fingerprint density at radius 3 is 3.06 bits per heavy atom. The van der Waals surface area contributed by atoms with Gasteiger partial charge in [0.15, 0.2) is 0 Å². The molecule has 1 fully saturated rings. The number of pyridine rings is 1. The predicted molar refractivity (Wildman–Crippen MR) is 66.5 cm³/mol. The van der Waals surface area contributed by atoms with Crippen molar-refractivity contribution in [2.24, 2.45) is 0 Å². The summed E-state index contributed by atoms with van der Waals surface area (Å²) in [5.74, 6) is 0.357. The second kappa shape index (κ2) is 5.36. The molecule has 5 heteroatoms. The summed E-state index contributed by atoms with van der Waals surface area (Å²) < 4.78 is 0. The van der Waals surface area contributed by atoms with E-state index in [4.69, 9.17) is 11.6 Å². The number of rotatable bonds is 2. The van der Waals surface area contributed by atoms with E-state index in [0.717, 1.165) is 25.8 Å². The predicted octanol–water partition coefficient (Wildman–Crippen LogP) is 1.61. The fourth-order valence-corrected chi connectivity index (χ4v) is 2.49. The van der Waals surface area contributed by atoms with Crippen molar-refractivity contribution in [1.82, 2.24) is 9.88 Å². The molecular formula is C12H15ClN2O2. The molecule has 0 saturated carbocycles. The van der Waals surface area contributed by atoms with Gasteiger partial charge in [0.05, 0.1) is 0 Å². The van der Waals surface area contributed by atoms with Crippen molar-refractivity contribution < 1.29 is 4.79 Å². The van der Waals surface area contributed by atoms with E-state index in [-0.39, 0.29) is 17.5 Å². The van der Waals surface area contributed by atoms with Gasteiger partial charge in [-0.05, 0) is 25.3 Å². The number of piperidine rings is 1.